The van der Waals surface area contributed by atoms with E-state index < -0.39 is 0 Å². The summed E-state index contributed by atoms with van der Waals surface area (Å²) >= 11 is 1.64. The quantitative estimate of drug-likeness (QED) is 0.820. The Morgan fingerprint density at radius 2 is 1.95 bits per heavy atom. The molecule has 0 saturated carbocycles. The van der Waals surface area contributed by atoms with E-state index >= 15 is 0 Å². The van der Waals surface area contributed by atoms with Crippen molar-refractivity contribution in [2.45, 2.75) is 18.2 Å². The summed E-state index contributed by atoms with van der Waals surface area (Å²) < 4.78 is 5.48. The summed E-state index contributed by atoms with van der Waals surface area (Å²) in [5, 5.41) is 2.83. The lowest BCUT2D eigenvalue weighted by molar-refractivity contribution is -0.118. The highest BCUT2D eigenvalue weighted by atomic mass is 32.2. The van der Waals surface area contributed by atoms with Crippen molar-refractivity contribution in [1.82, 2.24) is 0 Å². The number of rotatable bonds is 6. The van der Waals surface area contributed by atoms with Crippen molar-refractivity contribution in [3.8, 4) is 5.75 Å². The molecule has 2 rings (SSSR count). The summed E-state index contributed by atoms with van der Waals surface area (Å²) in [5.41, 5.74) is 2.04. The van der Waals surface area contributed by atoms with Gasteiger partial charge in [-0.05, 0) is 48.6 Å². The second-order valence-electron chi connectivity index (χ2n) is 4.57. The number of carbonyl (C=O) groups excluding carboxylic acids is 1. The minimum atomic E-state index is -0.159. The van der Waals surface area contributed by atoms with Gasteiger partial charge in [-0.15, -0.1) is 11.8 Å². The van der Waals surface area contributed by atoms with E-state index in [0.717, 1.165) is 17.0 Å². The monoisotopic (exact) mass is 301 g/mol. The maximum absolute atomic E-state index is 11.9. The molecule has 0 aliphatic heterocycles. The van der Waals surface area contributed by atoms with E-state index in [9.17, 15) is 4.79 Å². The van der Waals surface area contributed by atoms with Gasteiger partial charge in [-0.3, -0.25) is 4.79 Å². The van der Waals surface area contributed by atoms with Gasteiger partial charge in [0, 0.05) is 10.6 Å². The summed E-state index contributed by atoms with van der Waals surface area (Å²) in [6, 6.07) is 15.5. The van der Waals surface area contributed by atoms with Crippen LogP contribution in [0.15, 0.2) is 53.4 Å². The maximum Gasteiger partial charge on any atom is 0.262 e. The zero-order valence-corrected chi connectivity index (χ0v) is 13.1. The number of anilines is 1. The Morgan fingerprint density at radius 1 is 1.19 bits per heavy atom. The minimum Gasteiger partial charge on any atom is -0.484 e. The molecule has 0 heterocycles. The molecule has 1 N–H and O–H groups in total. The van der Waals surface area contributed by atoms with E-state index in [1.807, 2.05) is 54.8 Å². The molecule has 0 aromatic heterocycles. The molecule has 2 aromatic rings. The molecule has 0 radical (unpaired) electrons. The van der Waals surface area contributed by atoms with Crippen molar-refractivity contribution in [1.29, 1.82) is 0 Å². The van der Waals surface area contributed by atoms with Gasteiger partial charge < -0.3 is 10.1 Å². The number of carbonyl (C=O) groups is 1. The van der Waals surface area contributed by atoms with Crippen molar-refractivity contribution < 1.29 is 9.53 Å². The van der Waals surface area contributed by atoms with Crippen molar-refractivity contribution in [2.75, 3.05) is 18.2 Å². The molecule has 3 nitrogen and oxygen atoms in total. The van der Waals surface area contributed by atoms with Crippen LogP contribution in [0.5, 0.6) is 5.75 Å². The van der Waals surface area contributed by atoms with Crippen molar-refractivity contribution in [2.24, 2.45) is 0 Å². The number of hydrogen-bond donors (Lipinski definition) is 1. The second kappa shape index (κ2) is 7.74. The Kier molecular flexibility index (Phi) is 5.69. The fourth-order valence-corrected chi connectivity index (χ4v) is 2.33. The second-order valence-corrected chi connectivity index (χ2v) is 5.45. The number of nitrogens with one attached hydrogen (secondary N) is 1. The van der Waals surface area contributed by atoms with E-state index in [4.69, 9.17) is 4.74 Å². The van der Waals surface area contributed by atoms with E-state index in [2.05, 4.69) is 12.2 Å². The highest BCUT2D eigenvalue weighted by molar-refractivity contribution is 7.98. The lowest BCUT2D eigenvalue weighted by Gasteiger charge is -2.08. The van der Waals surface area contributed by atoms with Gasteiger partial charge in [0.25, 0.3) is 5.91 Å². The highest BCUT2D eigenvalue weighted by Gasteiger charge is 2.04. The van der Waals surface area contributed by atoms with Crippen LogP contribution in [0.25, 0.3) is 0 Å². The zero-order chi connectivity index (χ0) is 15.1. The maximum atomic E-state index is 11.9. The Balaban J connectivity index is 1.86. The van der Waals surface area contributed by atoms with Gasteiger partial charge in [0.05, 0.1) is 0 Å². The number of amides is 1. The first-order valence-electron chi connectivity index (χ1n) is 6.87. The number of ether oxygens (including phenoxy) is 1. The molecule has 0 unspecified atom stereocenters. The normalized spacial score (nSPS) is 10.2. The summed E-state index contributed by atoms with van der Waals surface area (Å²) in [6.07, 6.45) is 3.00. The van der Waals surface area contributed by atoms with Crippen LogP contribution in [-0.4, -0.2) is 18.8 Å². The Labute approximate surface area is 129 Å². The molecule has 0 atom stereocenters. The standard InChI is InChI=1S/C17H19NO2S/c1-3-13-7-9-15(10-8-13)20-12-17(19)18-14-5-4-6-16(11-14)21-2/h4-11H,3,12H2,1-2H3,(H,18,19). The van der Waals surface area contributed by atoms with Crippen molar-refractivity contribution in [3.05, 3.63) is 54.1 Å². The Hall–Kier alpha value is -1.94. The lowest BCUT2D eigenvalue weighted by atomic mass is 10.2. The van der Waals surface area contributed by atoms with Crippen molar-refractivity contribution in [3.63, 3.8) is 0 Å². The third-order valence-electron chi connectivity index (χ3n) is 3.06. The summed E-state index contributed by atoms with van der Waals surface area (Å²) in [6.45, 7) is 2.11. The van der Waals surface area contributed by atoms with E-state index in [1.54, 1.807) is 11.8 Å². The molecule has 1 amide bonds. The average molecular weight is 301 g/mol. The molecular weight excluding hydrogens is 282 g/mol. The van der Waals surface area contributed by atoms with Crippen LogP contribution >= 0.6 is 11.8 Å². The van der Waals surface area contributed by atoms with Crippen LogP contribution in [0.1, 0.15) is 12.5 Å². The van der Waals surface area contributed by atoms with Gasteiger partial charge in [0.15, 0.2) is 6.61 Å². The largest absolute Gasteiger partial charge is 0.484 e. The van der Waals surface area contributed by atoms with Gasteiger partial charge in [-0.2, -0.15) is 0 Å². The third-order valence-corrected chi connectivity index (χ3v) is 3.78. The molecular formula is C17H19NO2S. The minimum absolute atomic E-state index is 0.00890. The predicted octanol–water partition coefficient (Wildman–Crippen LogP) is 3.99. The molecule has 0 bridgehead atoms. The van der Waals surface area contributed by atoms with Gasteiger partial charge in [0.2, 0.25) is 0 Å². The average Bonchev–Trinajstić information content (AvgIpc) is 2.53. The Bertz CT molecular complexity index is 596. The summed E-state index contributed by atoms with van der Waals surface area (Å²) in [4.78, 5) is 13.0. The fourth-order valence-electron chi connectivity index (χ4n) is 1.87. The third kappa shape index (κ3) is 4.83. The smallest absolute Gasteiger partial charge is 0.262 e. The van der Waals surface area contributed by atoms with Crippen LogP contribution < -0.4 is 10.1 Å². The molecule has 21 heavy (non-hydrogen) atoms. The van der Waals surface area contributed by atoms with Gasteiger partial charge in [0.1, 0.15) is 5.75 Å². The highest BCUT2D eigenvalue weighted by Crippen LogP contribution is 2.19. The fraction of sp³-hybridized carbons (Fsp3) is 0.235. The molecule has 0 aliphatic rings. The first-order valence-corrected chi connectivity index (χ1v) is 8.09. The van der Waals surface area contributed by atoms with Gasteiger partial charge >= 0.3 is 0 Å². The van der Waals surface area contributed by atoms with Crippen LogP contribution in [0.3, 0.4) is 0 Å². The van der Waals surface area contributed by atoms with Crippen molar-refractivity contribution >= 4 is 23.4 Å². The first kappa shape index (κ1) is 15.4. The number of hydrogen-bond acceptors (Lipinski definition) is 3. The Morgan fingerprint density at radius 3 is 2.62 bits per heavy atom. The lowest BCUT2D eigenvalue weighted by Crippen LogP contribution is -2.20. The summed E-state index contributed by atoms with van der Waals surface area (Å²) in [7, 11) is 0. The molecule has 0 spiro atoms. The SMILES string of the molecule is CCc1ccc(OCC(=O)Nc2cccc(SC)c2)cc1. The van der Waals surface area contributed by atoms with Crippen LogP contribution in [-0.2, 0) is 11.2 Å². The van der Waals surface area contributed by atoms with Gasteiger partial charge in [-0.25, -0.2) is 0 Å². The van der Waals surface area contributed by atoms with E-state index in [0.29, 0.717) is 5.75 Å². The molecule has 0 aliphatic carbocycles. The van der Waals surface area contributed by atoms with Gasteiger partial charge in [-0.1, -0.05) is 25.1 Å². The number of benzene rings is 2. The molecule has 4 heteroatoms. The molecule has 0 fully saturated rings. The molecule has 0 saturated heterocycles. The predicted molar refractivity (Wildman–Crippen MR) is 88.2 cm³/mol. The zero-order valence-electron chi connectivity index (χ0n) is 12.3. The number of thioether (sulfide) groups is 1. The first-order chi connectivity index (χ1) is 10.2. The van der Waals surface area contributed by atoms with Crippen LogP contribution in [0.4, 0.5) is 5.69 Å². The van der Waals surface area contributed by atoms with Crippen LogP contribution in [0.2, 0.25) is 0 Å². The van der Waals surface area contributed by atoms with E-state index in [1.165, 1.54) is 5.56 Å². The molecule has 2 aromatic carbocycles. The summed E-state index contributed by atoms with van der Waals surface area (Å²) in [5.74, 6) is 0.549. The topological polar surface area (TPSA) is 38.3 Å². The number of aryl methyl sites for hydroxylation is 1. The van der Waals surface area contributed by atoms with Crippen LogP contribution in [0, 0.1) is 0 Å². The van der Waals surface area contributed by atoms with E-state index in [-0.39, 0.29) is 12.5 Å². The molecule has 110 valence electrons.